The normalized spacial score (nSPS) is 12.3. The van der Waals surface area contributed by atoms with Crippen LogP contribution in [0.15, 0.2) is 18.5 Å². The van der Waals surface area contributed by atoms with Crippen LogP contribution in [0.4, 0.5) is 0 Å². The smallest absolute Gasteiger partial charge is 0.0638 e. The molecule has 15 heavy (non-hydrogen) atoms. The highest BCUT2D eigenvalue weighted by atomic mass is 14.9. The van der Waals surface area contributed by atoms with Crippen LogP contribution in [0.25, 0.3) is 0 Å². The Bertz CT molecular complexity index is 322. The van der Waals surface area contributed by atoms with Gasteiger partial charge in [-0.2, -0.15) is 5.26 Å². The lowest BCUT2D eigenvalue weighted by Gasteiger charge is -2.12. The van der Waals surface area contributed by atoms with Gasteiger partial charge in [0.25, 0.3) is 0 Å². The van der Waals surface area contributed by atoms with Gasteiger partial charge in [0.05, 0.1) is 12.5 Å². The second-order valence-electron chi connectivity index (χ2n) is 3.70. The molecule has 0 radical (unpaired) electrons. The molecular formula is C12H19N3. The van der Waals surface area contributed by atoms with Crippen LogP contribution in [-0.4, -0.2) is 10.6 Å². The van der Waals surface area contributed by atoms with Crippen molar-refractivity contribution in [1.29, 1.82) is 5.26 Å². The maximum atomic E-state index is 8.61. The molecule has 0 aromatic carbocycles. The zero-order valence-corrected chi connectivity index (χ0v) is 9.53. The molecular weight excluding hydrogens is 186 g/mol. The maximum Gasteiger partial charge on any atom is 0.0638 e. The van der Waals surface area contributed by atoms with Crippen molar-refractivity contribution in [2.45, 2.75) is 45.8 Å². The van der Waals surface area contributed by atoms with Gasteiger partial charge in [-0.3, -0.25) is 0 Å². The lowest BCUT2D eigenvalue weighted by molar-refractivity contribution is 0.504. The van der Waals surface area contributed by atoms with E-state index in [2.05, 4.69) is 48.3 Å². The van der Waals surface area contributed by atoms with Crippen molar-refractivity contribution < 1.29 is 0 Å². The molecule has 1 aromatic rings. The molecule has 1 unspecified atom stereocenters. The van der Waals surface area contributed by atoms with E-state index in [0.29, 0.717) is 12.5 Å². The van der Waals surface area contributed by atoms with Gasteiger partial charge in [-0.15, -0.1) is 0 Å². The SMILES string of the molecule is CCC(CC#N)NCc1ccn(CC)c1. The van der Waals surface area contributed by atoms with Gasteiger partial charge in [-0.1, -0.05) is 6.92 Å². The molecule has 0 aliphatic heterocycles. The van der Waals surface area contributed by atoms with Gasteiger partial charge >= 0.3 is 0 Å². The Labute approximate surface area is 91.7 Å². The molecule has 1 atom stereocenters. The van der Waals surface area contributed by atoms with Crippen LogP contribution >= 0.6 is 0 Å². The molecule has 1 aromatic heterocycles. The van der Waals surface area contributed by atoms with E-state index in [1.165, 1.54) is 5.56 Å². The lowest BCUT2D eigenvalue weighted by atomic mass is 10.1. The molecule has 3 nitrogen and oxygen atoms in total. The van der Waals surface area contributed by atoms with E-state index in [0.717, 1.165) is 19.5 Å². The van der Waals surface area contributed by atoms with Gasteiger partial charge in [0.2, 0.25) is 0 Å². The van der Waals surface area contributed by atoms with E-state index in [1.807, 2.05) is 0 Å². The number of nitrogens with zero attached hydrogens (tertiary/aromatic N) is 2. The highest BCUT2D eigenvalue weighted by Gasteiger charge is 2.04. The molecule has 0 saturated heterocycles. The van der Waals surface area contributed by atoms with Gasteiger partial charge in [0, 0.05) is 31.5 Å². The van der Waals surface area contributed by atoms with Crippen molar-refractivity contribution >= 4 is 0 Å². The van der Waals surface area contributed by atoms with E-state index in [4.69, 9.17) is 5.26 Å². The van der Waals surface area contributed by atoms with Crippen LogP contribution in [0.1, 0.15) is 32.3 Å². The molecule has 0 amide bonds. The number of nitrogens with one attached hydrogen (secondary N) is 1. The standard InChI is InChI=1S/C12H19N3/c1-3-12(5-7-13)14-9-11-6-8-15(4-2)10-11/h6,8,10,12,14H,3-5,9H2,1-2H3. The zero-order valence-electron chi connectivity index (χ0n) is 9.53. The van der Waals surface area contributed by atoms with E-state index >= 15 is 0 Å². The number of hydrogen-bond donors (Lipinski definition) is 1. The summed E-state index contributed by atoms with van der Waals surface area (Å²) >= 11 is 0. The van der Waals surface area contributed by atoms with Crippen LogP contribution in [0.3, 0.4) is 0 Å². The Hall–Kier alpha value is -1.27. The number of aromatic nitrogens is 1. The van der Waals surface area contributed by atoms with E-state index < -0.39 is 0 Å². The van der Waals surface area contributed by atoms with Crippen molar-refractivity contribution in [2.24, 2.45) is 0 Å². The maximum absolute atomic E-state index is 8.61. The largest absolute Gasteiger partial charge is 0.354 e. The van der Waals surface area contributed by atoms with E-state index in [-0.39, 0.29) is 0 Å². The summed E-state index contributed by atoms with van der Waals surface area (Å²) in [4.78, 5) is 0. The predicted octanol–water partition coefficient (Wildman–Crippen LogP) is 2.29. The van der Waals surface area contributed by atoms with Gasteiger partial charge in [-0.05, 0) is 25.0 Å². The molecule has 0 aliphatic rings. The average molecular weight is 205 g/mol. The van der Waals surface area contributed by atoms with Crippen molar-refractivity contribution in [1.82, 2.24) is 9.88 Å². The first-order valence-electron chi connectivity index (χ1n) is 5.55. The first-order valence-corrected chi connectivity index (χ1v) is 5.55. The second-order valence-corrected chi connectivity index (χ2v) is 3.70. The first-order chi connectivity index (χ1) is 7.30. The van der Waals surface area contributed by atoms with Crippen molar-refractivity contribution in [2.75, 3.05) is 0 Å². The minimum Gasteiger partial charge on any atom is -0.354 e. The summed E-state index contributed by atoms with van der Waals surface area (Å²) in [7, 11) is 0. The summed E-state index contributed by atoms with van der Waals surface area (Å²) in [5.41, 5.74) is 1.29. The topological polar surface area (TPSA) is 40.8 Å². The van der Waals surface area contributed by atoms with Crippen molar-refractivity contribution in [3.8, 4) is 6.07 Å². The van der Waals surface area contributed by atoms with Crippen molar-refractivity contribution in [3.05, 3.63) is 24.0 Å². The van der Waals surface area contributed by atoms with Gasteiger partial charge in [0.1, 0.15) is 0 Å². The van der Waals surface area contributed by atoms with E-state index in [9.17, 15) is 0 Å². The molecule has 0 aliphatic carbocycles. The van der Waals surface area contributed by atoms with Crippen LogP contribution in [0.2, 0.25) is 0 Å². The summed E-state index contributed by atoms with van der Waals surface area (Å²) in [6.07, 6.45) is 5.82. The lowest BCUT2D eigenvalue weighted by Crippen LogP contribution is -2.27. The van der Waals surface area contributed by atoms with Crippen LogP contribution in [-0.2, 0) is 13.1 Å². The summed E-state index contributed by atoms with van der Waals surface area (Å²) in [5.74, 6) is 0. The van der Waals surface area contributed by atoms with Gasteiger partial charge in [-0.25, -0.2) is 0 Å². The van der Waals surface area contributed by atoms with Gasteiger partial charge in [0.15, 0.2) is 0 Å². The number of hydrogen-bond acceptors (Lipinski definition) is 2. The molecule has 3 heteroatoms. The molecule has 1 heterocycles. The Morgan fingerprint density at radius 3 is 2.87 bits per heavy atom. The van der Waals surface area contributed by atoms with Crippen molar-refractivity contribution in [3.63, 3.8) is 0 Å². The molecule has 0 bridgehead atoms. The molecule has 0 spiro atoms. The quantitative estimate of drug-likeness (QED) is 0.774. The number of nitriles is 1. The minimum absolute atomic E-state index is 0.319. The zero-order chi connectivity index (χ0) is 11.1. The number of aryl methyl sites for hydroxylation is 1. The summed E-state index contributed by atoms with van der Waals surface area (Å²) in [6, 6.07) is 4.64. The fraction of sp³-hybridized carbons (Fsp3) is 0.583. The molecule has 0 saturated carbocycles. The van der Waals surface area contributed by atoms with Gasteiger partial charge < -0.3 is 9.88 Å². The monoisotopic (exact) mass is 205 g/mol. The Morgan fingerprint density at radius 2 is 2.33 bits per heavy atom. The van der Waals surface area contributed by atoms with Crippen LogP contribution in [0.5, 0.6) is 0 Å². The summed E-state index contributed by atoms with van der Waals surface area (Å²) < 4.78 is 2.16. The highest BCUT2D eigenvalue weighted by molar-refractivity contribution is 5.10. The predicted molar refractivity (Wildman–Crippen MR) is 61.3 cm³/mol. The molecule has 0 fully saturated rings. The van der Waals surface area contributed by atoms with Crippen LogP contribution in [0, 0.1) is 11.3 Å². The van der Waals surface area contributed by atoms with E-state index in [1.54, 1.807) is 0 Å². The average Bonchev–Trinajstić information content (AvgIpc) is 2.72. The van der Waals surface area contributed by atoms with Crippen LogP contribution < -0.4 is 5.32 Å². The molecule has 1 N–H and O–H groups in total. The Kier molecular flexibility index (Phi) is 4.92. The fourth-order valence-corrected chi connectivity index (χ4v) is 1.53. The number of rotatable bonds is 6. The third-order valence-corrected chi connectivity index (χ3v) is 2.60. The summed E-state index contributed by atoms with van der Waals surface area (Å²) in [6.45, 7) is 6.09. The minimum atomic E-state index is 0.319. The highest BCUT2D eigenvalue weighted by Crippen LogP contribution is 2.03. The fourth-order valence-electron chi connectivity index (χ4n) is 1.53. The Morgan fingerprint density at radius 1 is 1.53 bits per heavy atom. The molecule has 82 valence electrons. The Balaban J connectivity index is 2.38. The second kappa shape index (κ2) is 6.26. The third kappa shape index (κ3) is 3.77. The first kappa shape index (κ1) is 11.8. The summed E-state index contributed by atoms with van der Waals surface area (Å²) in [5, 5.41) is 12.0. The molecule has 1 rings (SSSR count). The third-order valence-electron chi connectivity index (χ3n) is 2.60.